The average Bonchev–Trinajstić information content (AvgIpc) is 2.93. The summed E-state index contributed by atoms with van der Waals surface area (Å²) in [5, 5.41) is 40.6. The third-order valence-corrected chi connectivity index (χ3v) is 4.49. The molecule has 5 nitrogen and oxygen atoms in total. The van der Waals surface area contributed by atoms with Crippen LogP contribution in [0.5, 0.6) is 17.2 Å². The summed E-state index contributed by atoms with van der Waals surface area (Å²) >= 11 is 0. The summed E-state index contributed by atoms with van der Waals surface area (Å²) in [4.78, 5) is 0. The van der Waals surface area contributed by atoms with Gasteiger partial charge < -0.3 is 25.0 Å². The van der Waals surface area contributed by atoms with Crippen LogP contribution in [-0.4, -0.2) is 25.0 Å². The molecule has 5 heteroatoms. The van der Waals surface area contributed by atoms with Crippen molar-refractivity contribution in [3.63, 3.8) is 0 Å². The number of nitrogens with zero attached hydrogens (tertiary/aromatic N) is 1. The summed E-state index contributed by atoms with van der Waals surface area (Å²) in [5.74, 6) is -1.21. The molecule has 0 atom stereocenters. The normalized spacial score (nSPS) is 11.4. The van der Waals surface area contributed by atoms with Gasteiger partial charge in [0.05, 0.1) is 6.61 Å². The molecule has 4 aromatic rings. The minimum Gasteiger partial charge on any atom is -0.504 e. The van der Waals surface area contributed by atoms with Gasteiger partial charge in [-0.2, -0.15) is 0 Å². The van der Waals surface area contributed by atoms with Crippen molar-refractivity contribution in [2.24, 2.45) is 0 Å². The molecule has 0 saturated carbocycles. The van der Waals surface area contributed by atoms with Gasteiger partial charge in [0.15, 0.2) is 17.2 Å². The van der Waals surface area contributed by atoms with E-state index in [1.807, 2.05) is 42.5 Å². The molecule has 0 aliphatic rings. The standard InChI is InChI=1S/C20H17NO4/c22-11-12-5-6-17-15(7-12)14-3-1-2-4-16(14)21(17)10-13-8-18(23)20(25)19(24)9-13/h1-9,22-25H,10-11H2. The number of aliphatic hydroxyl groups excluding tert-OH is 1. The van der Waals surface area contributed by atoms with Crippen LogP contribution in [-0.2, 0) is 13.2 Å². The molecule has 1 heterocycles. The Bertz CT molecular complexity index is 1070. The van der Waals surface area contributed by atoms with Crippen LogP contribution in [0.1, 0.15) is 11.1 Å². The molecule has 0 spiro atoms. The number of para-hydroxylation sites is 1. The fourth-order valence-corrected chi connectivity index (χ4v) is 3.30. The third-order valence-electron chi connectivity index (χ3n) is 4.49. The number of phenolic OH excluding ortho intramolecular Hbond substituents is 3. The van der Waals surface area contributed by atoms with E-state index in [0.717, 1.165) is 27.4 Å². The van der Waals surface area contributed by atoms with Crippen LogP contribution in [0.2, 0.25) is 0 Å². The van der Waals surface area contributed by atoms with E-state index < -0.39 is 5.75 Å². The fourth-order valence-electron chi connectivity index (χ4n) is 3.30. The second-order valence-corrected chi connectivity index (χ2v) is 6.10. The van der Waals surface area contributed by atoms with Gasteiger partial charge in [0.2, 0.25) is 0 Å². The second-order valence-electron chi connectivity index (χ2n) is 6.10. The smallest absolute Gasteiger partial charge is 0.200 e. The number of rotatable bonds is 3. The van der Waals surface area contributed by atoms with E-state index in [-0.39, 0.29) is 18.1 Å². The van der Waals surface area contributed by atoms with Crippen LogP contribution >= 0.6 is 0 Å². The lowest BCUT2D eigenvalue weighted by Gasteiger charge is -2.10. The molecule has 126 valence electrons. The highest BCUT2D eigenvalue weighted by Gasteiger charge is 2.13. The van der Waals surface area contributed by atoms with Crippen molar-refractivity contribution in [3.05, 3.63) is 65.7 Å². The second kappa shape index (κ2) is 5.72. The Morgan fingerprint density at radius 2 is 1.40 bits per heavy atom. The van der Waals surface area contributed by atoms with Crippen LogP contribution in [0.25, 0.3) is 21.8 Å². The van der Waals surface area contributed by atoms with Crippen LogP contribution in [0, 0.1) is 0 Å². The molecule has 0 aliphatic carbocycles. The highest BCUT2D eigenvalue weighted by molar-refractivity contribution is 6.08. The van der Waals surface area contributed by atoms with Crippen LogP contribution < -0.4 is 0 Å². The predicted octanol–water partition coefficient (Wildman–Crippen LogP) is 3.45. The van der Waals surface area contributed by atoms with Gasteiger partial charge in [-0.25, -0.2) is 0 Å². The molecule has 0 bridgehead atoms. The van der Waals surface area contributed by atoms with Crippen LogP contribution in [0.15, 0.2) is 54.6 Å². The first-order valence-electron chi connectivity index (χ1n) is 7.93. The molecule has 0 aliphatic heterocycles. The predicted molar refractivity (Wildman–Crippen MR) is 95.9 cm³/mol. The molecule has 0 unspecified atom stereocenters. The van der Waals surface area contributed by atoms with Gasteiger partial charge in [0, 0.05) is 28.4 Å². The maximum absolute atomic E-state index is 9.76. The van der Waals surface area contributed by atoms with Crippen molar-refractivity contribution in [1.82, 2.24) is 4.57 Å². The fraction of sp³-hybridized carbons (Fsp3) is 0.100. The minimum absolute atomic E-state index is 0.0187. The number of aliphatic hydroxyl groups is 1. The summed E-state index contributed by atoms with van der Waals surface area (Å²) in [6.45, 7) is 0.402. The van der Waals surface area contributed by atoms with Gasteiger partial charge in [0.25, 0.3) is 0 Å². The van der Waals surface area contributed by atoms with Crippen molar-refractivity contribution in [3.8, 4) is 17.2 Å². The number of hydrogen-bond donors (Lipinski definition) is 4. The molecule has 1 aromatic heterocycles. The largest absolute Gasteiger partial charge is 0.504 e. The Balaban J connectivity index is 1.94. The lowest BCUT2D eigenvalue weighted by molar-refractivity contribution is 0.282. The van der Waals surface area contributed by atoms with Crippen LogP contribution in [0.3, 0.4) is 0 Å². The van der Waals surface area contributed by atoms with Gasteiger partial charge in [-0.1, -0.05) is 24.3 Å². The van der Waals surface area contributed by atoms with Gasteiger partial charge in [-0.3, -0.25) is 0 Å². The molecule has 0 amide bonds. The SMILES string of the molecule is OCc1ccc2c(c1)c1ccccc1n2Cc1cc(O)c(O)c(O)c1. The Labute approximate surface area is 143 Å². The van der Waals surface area contributed by atoms with Crippen molar-refractivity contribution in [2.75, 3.05) is 0 Å². The summed E-state index contributed by atoms with van der Waals surface area (Å²) in [6.07, 6.45) is 0. The van der Waals surface area contributed by atoms with Gasteiger partial charge in [-0.05, 0) is 41.5 Å². The average molecular weight is 335 g/mol. The Hall–Kier alpha value is -3.18. The highest BCUT2D eigenvalue weighted by atomic mass is 16.3. The van der Waals surface area contributed by atoms with E-state index in [1.54, 1.807) is 0 Å². The lowest BCUT2D eigenvalue weighted by Crippen LogP contribution is -1.99. The van der Waals surface area contributed by atoms with Crippen molar-refractivity contribution in [1.29, 1.82) is 0 Å². The molecule has 0 fully saturated rings. The first kappa shape index (κ1) is 15.4. The van der Waals surface area contributed by atoms with Gasteiger partial charge >= 0.3 is 0 Å². The van der Waals surface area contributed by atoms with E-state index in [9.17, 15) is 20.4 Å². The maximum atomic E-state index is 9.76. The molecule has 4 N–H and O–H groups in total. The number of benzene rings is 3. The Kier molecular flexibility index (Phi) is 3.51. The molecule has 0 radical (unpaired) electrons. The summed E-state index contributed by atoms with van der Waals surface area (Å²) in [5.41, 5.74) is 3.52. The zero-order valence-corrected chi connectivity index (χ0v) is 13.3. The first-order valence-corrected chi connectivity index (χ1v) is 7.93. The molecular formula is C20H17NO4. The summed E-state index contributed by atoms with van der Waals surface area (Å²) < 4.78 is 2.08. The van der Waals surface area contributed by atoms with Crippen molar-refractivity contribution < 1.29 is 20.4 Å². The van der Waals surface area contributed by atoms with E-state index >= 15 is 0 Å². The lowest BCUT2D eigenvalue weighted by atomic mass is 10.1. The zero-order chi connectivity index (χ0) is 17.6. The van der Waals surface area contributed by atoms with Crippen molar-refractivity contribution in [2.45, 2.75) is 13.2 Å². The summed E-state index contributed by atoms with van der Waals surface area (Å²) in [6, 6.07) is 16.7. The third kappa shape index (κ3) is 2.45. The van der Waals surface area contributed by atoms with E-state index in [1.165, 1.54) is 12.1 Å². The molecule has 0 saturated heterocycles. The first-order chi connectivity index (χ1) is 12.1. The van der Waals surface area contributed by atoms with E-state index in [4.69, 9.17) is 0 Å². The van der Waals surface area contributed by atoms with E-state index in [0.29, 0.717) is 12.1 Å². The number of hydrogen-bond acceptors (Lipinski definition) is 4. The highest BCUT2D eigenvalue weighted by Crippen LogP contribution is 2.37. The van der Waals surface area contributed by atoms with Gasteiger partial charge in [0.1, 0.15) is 0 Å². The number of aromatic hydroxyl groups is 3. The molecule has 25 heavy (non-hydrogen) atoms. The number of phenols is 3. The quantitative estimate of drug-likeness (QED) is 0.432. The van der Waals surface area contributed by atoms with Crippen LogP contribution in [0.4, 0.5) is 0 Å². The number of aromatic nitrogens is 1. The van der Waals surface area contributed by atoms with E-state index in [2.05, 4.69) is 4.57 Å². The molecule has 4 rings (SSSR count). The molecular weight excluding hydrogens is 318 g/mol. The van der Waals surface area contributed by atoms with Crippen molar-refractivity contribution >= 4 is 21.8 Å². The number of fused-ring (bicyclic) bond motifs is 3. The zero-order valence-electron chi connectivity index (χ0n) is 13.3. The maximum Gasteiger partial charge on any atom is 0.200 e. The minimum atomic E-state index is -0.515. The Morgan fingerprint density at radius 1 is 0.720 bits per heavy atom. The van der Waals surface area contributed by atoms with Gasteiger partial charge in [-0.15, -0.1) is 0 Å². The summed E-state index contributed by atoms with van der Waals surface area (Å²) in [7, 11) is 0. The topological polar surface area (TPSA) is 85.9 Å². The molecule has 3 aromatic carbocycles. The Morgan fingerprint density at radius 3 is 2.12 bits per heavy atom. The monoisotopic (exact) mass is 335 g/mol.